The minimum atomic E-state index is -1.05. The lowest BCUT2D eigenvalue weighted by Crippen LogP contribution is -2.12. The van der Waals surface area contributed by atoms with Gasteiger partial charge in [0.1, 0.15) is 12.4 Å². The van der Waals surface area contributed by atoms with Crippen molar-refractivity contribution in [2.45, 2.75) is 13.5 Å². The molecular weight excluding hydrogens is 265 g/mol. The zero-order valence-corrected chi connectivity index (χ0v) is 10.6. The summed E-state index contributed by atoms with van der Waals surface area (Å²) in [5.74, 6) is -1.95. The van der Waals surface area contributed by atoms with Gasteiger partial charge in [-0.3, -0.25) is 14.3 Å². The van der Waals surface area contributed by atoms with Gasteiger partial charge >= 0.3 is 5.97 Å². The third-order valence-electron chi connectivity index (χ3n) is 2.62. The number of hydrogen-bond acceptors (Lipinski definition) is 3. The van der Waals surface area contributed by atoms with Crippen molar-refractivity contribution in [2.75, 3.05) is 5.32 Å². The van der Waals surface area contributed by atoms with Crippen LogP contribution >= 0.6 is 0 Å². The molecule has 7 heteroatoms. The summed E-state index contributed by atoms with van der Waals surface area (Å²) in [6.07, 6.45) is 2.57. The molecular formula is C13H12FN3O3. The first-order valence-corrected chi connectivity index (χ1v) is 5.77. The first kappa shape index (κ1) is 13.7. The molecule has 1 heterocycles. The van der Waals surface area contributed by atoms with Crippen LogP contribution in [0.3, 0.4) is 0 Å². The van der Waals surface area contributed by atoms with Gasteiger partial charge in [-0.05, 0) is 24.6 Å². The first-order chi connectivity index (χ1) is 9.45. The zero-order chi connectivity index (χ0) is 14.7. The second-order valence-electron chi connectivity index (χ2n) is 4.24. The molecule has 0 unspecified atom stereocenters. The van der Waals surface area contributed by atoms with Crippen LogP contribution in [0.4, 0.5) is 10.1 Å². The van der Waals surface area contributed by atoms with Gasteiger partial charge in [-0.25, -0.2) is 4.39 Å². The van der Waals surface area contributed by atoms with E-state index in [0.29, 0.717) is 11.3 Å². The summed E-state index contributed by atoms with van der Waals surface area (Å²) < 4.78 is 14.5. The number of carbonyl (C=O) groups excluding carboxylic acids is 1. The molecule has 0 fully saturated rings. The van der Waals surface area contributed by atoms with E-state index in [1.807, 2.05) is 0 Å². The number of aliphatic carboxylic acids is 1. The average Bonchev–Trinajstić information content (AvgIpc) is 2.81. The van der Waals surface area contributed by atoms with Crippen molar-refractivity contribution in [3.8, 4) is 0 Å². The van der Waals surface area contributed by atoms with E-state index in [9.17, 15) is 14.0 Å². The number of benzene rings is 1. The SMILES string of the molecule is Cc1ccc(NC(=O)c2cnn(CC(=O)O)c2)cc1F. The van der Waals surface area contributed by atoms with Crippen molar-refractivity contribution >= 4 is 17.6 Å². The van der Waals surface area contributed by atoms with Crippen molar-refractivity contribution in [1.29, 1.82) is 0 Å². The number of amides is 1. The van der Waals surface area contributed by atoms with Gasteiger partial charge in [0.25, 0.3) is 5.91 Å². The lowest BCUT2D eigenvalue weighted by Gasteiger charge is -2.04. The number of hydrogen-bond donors (Lipinski definition) is 2. The van der Waals surface area contributed by atoms with Crippen LogP contribution in [0, 0.1) is 12.7 Å². The van der Waals surface area contributed by atoms with E-state index in [2.05, 4.69) is 10.4 Å². The molecule has 0 atom stereocenters. The number of nitrogens with zero attached hydrogens (tertiary/aromatic N) is 2. The Kier molecular flexibility index (Phi) is 3.79. The van der Waals surface area contributed by atoms with E-state index in [0.717, 1.165) is 4.68 Å². The number of rotatable bonds is 4. The fraction of sp³-hybridized carbons (Fsp3) is 0.154. The Balaban J connectivity index is 2.09. The molecule has 20 heavy (non-hydrogen) atoms. The molecule has 2 aromatic rings. The van der Waals surface area contributed by atoms with Crippen molar-refractivity contribution < 1.29 is 19.1 Å². The molecule has 0 aliphatic heterocycles. The van der Waals surface area contributed by atoms with Gasteiger partial charge in [-0.1, -0.05) is 6.07 Å². The lowest BCUT2D eigenvalue weighted by molar-refractivity contribution is -0.137. The summed E-state index contributed by atoms with van der Waals surface area (Å²) in [6, 6.07) is 4.35. The standard InChI is InChI=1S/C13H12FN3O3/c1-8-2-3-10(4-11(8)14)16-13(20)9-5-15-17(6-9)7-12(18)19/h2-6H,7H2,1H3,(H,16,20)(H,18,19). The number of nitrogens with one attached hydrogen (secondary N) is 1. The third kappa shape index (κ3) is 3.19. The Hall–Kier alpha value is -2.70. The van der Waals surface area contributed by atoms with Gasteiger partial charge in [0, 0.05) is 11.9 Å². The van der Waals surface area contributed by atoms with Crippen LogP contribution < -0.4 is 5.32 Å². The molecule has 0 spiro atoms. The van der Waals surface area contributed by atoms with Crippen molar-refractivity contribution in [3.05, 3.63) is 47.5 Å². The van der Waals surface area contributed by atoms with E-state index in [-0.39, 0.29) is 12.1 Å². The molecule has 1 aromatic heterocycles. The Morgan fingerprint density at radius 2 is 2.20 bits per heavy atom. The van der Waals surface area contributed by atoms with E-state index in [1.165, 1.54) is 18.5 Å². The van der Waals surface area contributed by atoms with Crippen molar-refractivity contribution in [1.82, 2.24) is 9.78 Å². The quantitative estimate of drug-likeness (QED) is 0.890. The molecule has 0 aliphatic rings. The Morgan fingerprint density at radius 3 is 2.85 bits per heavy atom. The number of aromatic nitrogens is 2. The van der Waals surface area contributed by atoms with Crippen molar-refractivity contribution in [2.24, 2.45) is 0 Å². The molecule has 0 radical (unpaired) electrons. The van der Waals surface area contributed by atoms with E-state index < -0.39 is 17.7 Å². The molecule has 2 rings (SSSR count). The number of carboxylic acid groups (broad SMARTS) is 1. The van der Waals surface area contributed by atoms with E-state index in [1.54, 1.807) is 19.1 Å². The third-order valence-corrected chi connectivity index (χ3v) is 2.62. The van der Waals surface area contributed by atoms with Crippen LogP contribution in [0.2, 0.25) is 0 Å². The van der Waals surface area contributed by atoms with Crippen LogP contribution in [-0.4, -0.2) is 26.8 Å². The van der Waals surface area contributed by atoms with Gasteiger partial charge in [-0.2, -0.15) is 5.10 Å². The maximum Gasteiger partial charge on any atom is 0.325 e. The van der Waals surface area contributed by atoms with Crippen LogP contribution in [-0.2, 0) is 11.3 Å². The lowest BCUT2D eigenvalue weighted by atomic mass is 10.2. The summed E-state index contributed by atoms with van der Waals surface area (Å²) in [5.41, 5.74) is 1.01. The highest BCUT2D eigenvalue weighted by Gasteiger charge is 2.11. The summed E-state index contributed by atoms with van der Waals surface area (Å²) in [7, 11) is 0. The highest BCUT2D eigenvalue weighted by Crippen LogP contribution is 2.14. The fourth-order valence-electron chi connectivity index (χ4n) is 1.58. The number of aryl methyl sites for hydroxylation is 1. The monoisotopic (exact) mass is 277 g/mol. The summed E-state index contributed by atoms with van der Waals surface area (Å²) in [5, 5.41) is 14.9. The molecule has 0 aliphatic carbocycles. The molecule has 0 bridgehead atoms. The summed E-state index contributed by atoms with van der Waals surface area (Å²) in [6.45, 7) is 1.29. The maximum absolute atomic E-state index is 13.3. The zero-order valence-electron chi connectivity index (χ0n) is 10.6. The van der Waals surface area contributed by atoms with Gasteiger partial charge in [0.2, 0.25) is 0 Å². The average molecular weight is 277 g/mol. The van der Waals surface area contributed by atoms with Crippen LogP contribution in [0.1, 0.15) is 15.9 Å². The second kappa shape index (κ2) is 5.52. The fourth-order valence-corrected chi connectivity index (χ4v) is 1.58. The molecule has 6 nitrogen and oxygen atoms in total. The van der Waals surface area contributed by atoms with Gasteiger partial charge in [0.15, 0.2) is 0 Å². The predicted molar refractivity (Wildman–Crippen MR) is 69.0 cm³/mol. The van der Waals surface area contributed by atoms with Crippen LogP contribution in [0.15, 0.2) is 30.6 Å². The smallest absolute Gasteiger partial charge is 0.325 e. The Labute approximate surface area is 113 Å². The normalized spacial score (nSPS) is 10.3. The van der Waals surface area contributed by atoms with Gasteiger partial charge < -0.3 is 10.4 Å². The Morgan fingerprint density at radius 1 is 1.45 bits per heavy atom. The summed E-state index contributed by atoms with van der Waals surface area (Å²) >= 11 is 0. The molecule has 0 saturated heterocycles. The highest BCUT2D eigenvalue weighted by molar-refractivity contribution is 6.03. The van der Waals surface area contributed by atoms with Crippen LogP contribution in [0.25, 0.3) is 0 Å². The minimum Gasteiger partial charge on any atom is -0.480 e. The maximum atomic E-state index is 13.3. The number of carbonyl (C=O) groups is 2. The van der Waals surface area contributed by atoms with E-state index >= 15 is 0 Å². The molecule has 0 saturated carbocycles. The Bertz CT molecular complexity index is 667. The van der Waals surface area contributed by atoms with Crippen molar-refractivity contribution in [3.63, 3.8) is 0 Å². The minimum absolute atomic E-state index is 0.201. The van der Waals surface area contributed by atoms with Gasteiger partial charge in [0.05, 0.1) is 11.8 Å². The van der Waals surface area contributed by atoms with E-state index in [4.69, 9.17) is 5.11 Å². The number of carboxylic acids is 1. The number of halogens is 1. The first-order valence-electron chi connectivity index (χ1n) is 5.77. The largest absolute Gasteiger partial charge is 0.480 e. The number of anilines is 1. The molecule has 2 N–H and O–H groups in total. The molecule has 104 valence electrons. The summed E-state index contributed by atoms with van der Waals surface area (Å²) in [4.78, 5) is 22.4. The second-order valence-corrected chi connectivity index (χ2v) is 4.24. The van der Waals surface area contributed by atoms with Crippen LogP contribution in [0.5, 0.6) is 0 Å². The molecule has 1 amide bonds. The topological polar surface area (TPSA) is 84.2 Å². The predicted octanol–water partition coefficient (Wildman–Crippen LogP) is 1.67. The molecule has 1 aromatic carbocycles. The van der Waals surface area contributed by atoms with Gasteiger partial charge in [-0.15, -0.1) is 0 Å². The highest BCUT2D eigenvalue weighted by atomic mass is 19.1.